The Hall–Kier alpha value is -12.0. The first-order valence-electron chi connectivity index (χ1n) is 26.8. The smallest absolute Gasteiger partial charge is 0.309 e. The number of alkyl halides is 6. The van der Waals surface area contributed by atoms with Crippen molar-refractivity contribution in [3.63, 3.8) is 0 Å². The topological polar surface area (TPSA) is 129 Å². The van der Waals surface area contributed by atoms with Gasteiger partial charge in [0.2, 0.25) is 0 Å². The summed E-state index contributed by atoms with van der Waals surface area (Å²) in [6, 6.07) is 74.9. The van der Waals surface area contributed by atoms with Crippen molar-refractivity contribution in [1.82, 2.24) is 9.13 Å². The number of hydrogen-bond acceptors (Lipinski definition) is 5. The quantitative estimate of drug-likeness (QED) is 0.140. The van der Waals surface area contributed by atoms with Crippen LogP contribution < -0.4 is 0 Å². The summed E-state index contributed by atoms with van der Waals surface area (Å²) >= 11 is 0. The molecule has 86 heavy (non-hydrogen) atoms. The summed E-state index contributed by atoms with van der Waals surface area (Å²) in [4.78, 5) is 0. The highest BCUT2D eigenvalue weighted by Crippen LogP contribution is 2.47. The molecule has 0 bridgehead atoms. The van der Waals surface area contributed by atoms with Crippen molar-refractivity contribution >= 4 is 43.6 Å². The molecule has 0 spiro atoms. The van der Waals surface area contributed by atoms with E-state index in [4.69, 9.17) is 0 Å². The molecule has 0 aliphatic carbocycles. The Morgan fingerprint density at radius 3 is 0.802 bits per heavy atom. The first kappa shape index (κ1) is 53.4. The van der Waals surface area contributed by atoms with Crippen molar-refractivity contribution in [3.8, 4) is 108 Å². The van der Waals surface area contributed by atoms with Gasteiger partial charge in [0, 0.05) is 32.7 Å². The molecule has 406 valence electrons. The van der Waals surface area contributed by atoms with Gasteiger partial charge in [-0.1, -0.05) is 78.9 Å². The maximum Gasteiger partial charge on any atom is 0.416 e. The first-order valence-corrected chi connectivity index (χ1v) is 26.8. The van der Waals surface area contributed by atoms with Gasteiger partial charge in [0.1, 0.15) is 0 Å². The van der Waals surface area contributed by atoms with Gasteiger partial charge in [-0.05, 0) is 201 Å². The van der Waals surface area contributed by atoms with E-state index in [2.05, 4.69) is 42.5 Å². The molecule has 0 N–H and O–H groups in total. The molecule has 0 fully saturated rings. The van der Waals surface area contributed by atoms with Crippen molar-refractivity contribution in [2.24, 2.45) is 0 Å². The summed E-state index contributed by atoms with van der Waals surface area (Å²) in [6.07, 6.45) is -10.3. The molecule has 0 atom stereocenters. The van der Waals surface area contributed by atoms with Gasteiger partial charge in [0.15, 0.2) is 0 Å². The van der Waals surface area contributed by atoms with Crippen LogP contribution in [0.3, 0.4) is 0 Å². The minimum absolute atomic E-state index is 0.0296. The van der Waals surface area contributed by atoms with E-state index >= 15 is 0 Å². The molecule has 13 heteroatoms. The molecule has 0 saturated carbocycles. The van der Waals surface area contributed by atoms with Crippen LogP contribution >= 0.6 is 0 Å². The Labute approximate surface area is 487 Å². The lowest BCUT2D eigenvalue weighted by atomic mass is 9.93. The van der Waals surface area contributed by atoms with Crippen LogP contribution in [-0.2, 0) is 12.4 Å². The van der Waals surface area contributed by atoms with Crippen molar-refractivity contribution < 1.29 is 26.3 Å². The van der Waals surface area contributed by atoms with Gasteiger partial charge in [0.25, 0.3) is 0 Å². The minimum Gasteiger partial charge on any atom is -0.309 e. The molecule has 0 aliphatic rings. The number of aromatic nitrogens is 2. The van der Waals surface area contributed by atoms with Crippen LogP contribution in [0.25, 0.3) is 122 Å². The average molecular weight is 1130 g/mol. The average Bonchev–Trinajstić information content (AvgIpc) is 1.66. The molecule has 13 aromatic rings. The number of rotatable bonds is 8. The summed E-state index contributed by atoms with van der Waals surface area (Å²) in [5.74, 6) is 0. The van der Waals surface area contributed by atoms with Crippen LogP contribution in [0.2, 0.25) is 0 Å². The van der Waals surface area contributed by atoms with Gasteiger partial charge >= 0.3 is 12.4 Å². The van der Waals surface area contributed by atoms with Crippen molar-refractivity contribution in [2.75, 3.05) is 0 Å². The van der Waals surface area contributed by atoms with Gasteiger partial charge in [-0.3, -0.25) is 0 Å². The molecule has 7 nitrogen and oxygen atoms in total. The molecule has 2 heterocycles. The predicted octanol–water partition coefficient (Wildman–Crippen LogP) is 19.3. The van der Waals surface area contributed by atoms with Crippen LogP contribution in [0.15, 0.2) is 224 Å². The number of hydrogen-bond donors (Lipinski definition) is 0. The fourth-order valence-corrected chi connectivity index (χ4v) is 11.5. The highest BCUT2D eigenvalue weighted by molar-refractivity contribution is 6.14. The standard InChI is InChI=1S/C73H37F6N7/c74-72(75,76)58-30-57(31-59(37-58)73(77,78)79)56-22-28-67(86-70-26-20-54(50-14-5-45(40-82)6-15-50)34-64(70)65-35-55(21-27-71(65)86)51-16-7-46(41-83)8-17-51)61(36-56)60-29-47(42-84)9-23-66(60)85-68-24-18-52(48-10-1-43(38-80)2-11-48)32-62(68)63-33-53(19-25-69(63)85)49-12-3-44(39-81)4-13-49/h1-37H. The second kappa shape index (κ2) is 20.8. The minimum atomic E-state index is -5.14. The molecule has 0 unspecified atom stereocenters. The van der Waals surface area contributed by atoms with Crippen LogP contribution in [-0.4, -0.2) is 9.13 Å². The fourth-order valence-electron chi connectivity index (χ4n) is 11.5. The number of nitrogens with zero attached hydrogens (tertiary/aromatic N) is 7. The number of fused-ring (bicyclic) bond motifs is 6. The molecular weight excluding hydrogens is 1090 g/mol. The summed E-state index contributed by atoms with van der Waals surface area (Å²) < 4.78 is 92.1. The lowest BCUT2D eigenvalue weighted by molar-refractivity contribution is -0.143. The zero-order chi connectivity index (χ0) is 59.6. The molecular formula is C73H37F6N7. The summed E-state index contributed by atoms with van der Waals surface area (Å²) in [5.41, 5.74) is 10.1. The van der Waals surface area contributed by atoms with Gasteiger partial charge < -0.3 is 9.13 Å². The first-order chi connectivity index (χ1) is 41.6. The SMILES string of the molecule is N#Cc1ccc(-c2ccc3c(c2)c2cc(-c4ccc(C#N)cc4)ccc2n3-c2ccc(C#N)cc2-c2cc(-c3cc(C(F)(F)F)cc(C(F)(F)F)c3)ccc2-n2c3ccc(-c4ccc(C#N)cc4)cc3c3cc(-c4ccc(C#N)cc4)ccc32)cc1. The van der Waals surface area contributed by atoms with E-state index < -0.39 is 23.5 Å². The number of halogens is 6. The third-order valence-corrected chi connectivity index (χ3v) is 15.7. The van der Waals surface area contributed by atoms with Crippen molar-refractivity contribution in [2.45, 2.75) is 12.4 Å². The Kier molecular flexibility index (Phi) is 12.9. The largest absolute Gasteiger partial charge is 0.416 e. The van der Waals surface area contributed by atoms with E-state index in [1.165, 1.54) is 6.07 Å². The Balaban J connectivity index is 1.12. The predicted molar refractivity (Wildman–Crippen MR) is 321 cm³/mol. The second-order valence-electron chi connectivity index (χ2n) is 20.7. The summed E-state index contributed by atoms with van der Waals surface area (Å²) in [7, 11) is 0. The van der Waals surface area contributed by atoms with E-state index in [1.807, 2.05) is 118 Å². The van der Waals surface area contributed by atoms with E-state index in [0.29, 0.717) is 79.0 Å². The summed E-state index contributed by atoms with van der Waals surface area (Å²) in [6.45, 7) is 0. The Morgan fingerprint density at radius 2 is 0.500 bits per heavy atom. The monoisotopic (exact) mass is 1130 g/mol. The van der Waals surface area contributed by atoms with E-state index in [1.54, 1.807) is 78.9 Å². The molecule has 11 aromatic carbocycles. The second-order valence-corrected chi connectivity index (χ2v) is 20.7. The maximum absolute atomic E-state index is 14.7. The lowest BCUT2D eigenvalue weighted by Crippen LogP contribution is -2.11. The van der Waals surface area contributed by atoms with Crippen molar-refractivity contribution in [1.29, 1.82) is 26.3 Å². The zero-order valence-electron chi connectivity index (χ0n) is 44.8. The highest BCUT2D eigenvalue weighted by atomic mass is 19.4. The maximum atomic E-state index is 14.7. The fraction of sp³-hybridized carbons (Fsp3) is 0.0274. The zero-order valence-corrected chi connectivity index (χ0v) is 44.8. The summed E-state index contributed by atoms with van der Waals surface area (Å²) in [5, 5.41) is 52.4. The molecule has 0 amide bonds. The molecule has 13 rings (SSSR count). The van der Waals surface area contributed by atoms with Gasteiger partial charge in [-0.15, -0.1) is 0 Å². The van der Waals surface area contributed by atoms with E-state index in [-0.39, 0.29) is 22.8 Å². The van der Waals surface area contributed by atoms with Crippen molar-refractivity contribution in [3.05, 3.63) is 263 Å². The van der Waals surface area contributed by atoms with E-state index in [0.717, 1.165) is 66.1 Å². The molecule has 0 saturated heterocycles. The Morgan fingerprint density at radius 1 is 0.244 bits per heavy atom. The van der Waals surface area contributed by atoms with Gasteiger partial charge in [-0.25, -0.2) is 0 Å². The third-order valence-electron chi connectivity index (χ3n) is 15.7. The lowest BCUT2D eigenvalue weighted by Gasteiger charge is -2.21. The van der Waals surface area contributed by atoms with E-state index in [9.17, 15) is 52.7 Å². The van der Waals surface area contributed by atoms with Gasteiger partial charge in [0.05, 0.1) is 103 Å². The van der Waals surface area contributed by atoms with Gasteiger partial charge in [-0.2, -0.15) is 52.7 Å². The molecule has 2 aromatic heterocycles. The Bertz CT molecular complexity index is 4910. The van der Waals surface area contributed by atoms with Crippen LogP contribution in [0.5, 0.6) is 0 Å². The normalized spacial score (nSPS) is 11.5. The van der Waals surface area contributed by atoms with Crippen LogP contribution in [0.4, 0.5) is 26.3 Å². The number of nitriles is 5. The number of benzene rings is 11. The van der Waals surface area contributed by atoms with Crippen LogP contribution in [0.1, 0.15) is 38.9 Å². The molecule has 0 aliphatic heterocycles. The third kappa shape index (κ3) is 9.46. The van der Waals surface area contributed by atoms with Crippen LogP contribution in [0, 0.1) is 56.7 Å². The molecule has 0 radical (unpaired) electrons. The highest BCUT2D eigenvalue weighted by Gasteiger charge is 2.37.